The van der Waals surface area contributed by atoms with Crippen LogP contribution in [-0.4, -0.2) is 38.8 Å². The monoisotopic (exact) mass is 440 g/mol. The molecule has 3 rings (SSSR count). The van der Waals surface area contributed by atoms with Crippen LogP contribution in [-0.2, 0) is 23.1 Å². The fourth-order valence-corrected chi connectivity index (χ4v) is 6.10. The number of hydrogen-bond acceptors (Lipinski definition) is 4. The molecule has 0 radical (unpaired) electrons. The van der Waals surface area contributed by atoms with Gasteiger partial charge in [0, 0.05) is 36.6 Å². The third kappa shape index (κ3) is 5.47. The minimum Gasteiger partial charge on any atom is -0.352 e. The normalized spacial score (nSPS) is 16.1. The molecule has 1 fully saturated rings. The van der Waals surface area contributed by atoms with Crippen molar-refractivity contribution in [3.63, 3.8) is 0 Å². The van der Waals surface area contributed by atoms with Gasteiger partial charge >= 0.3 is 0 Å². The summed E-state index contributed by atoms with van der Waals surface area (Å²) in [4.78, 5) is 5.16. The summed E-state index contributed by atoms with van der Waals surface area (Å²) < 4.78 is 27.5. The number of aliphatic imine (C=N–C) groups is 1. The van der Waals surface area contributed by atoms with Crippen LogP contribution in [0.15, 0.2) is 45.6 Å². The Morgan fingerprint density at radius 3 is 2.43 bits per heavy atom. The van der Waals surface area contributed by atoms with E-state index in [1.54, 1.807) is 17.4 Å². The molecule has 1 aliphatic rings. The molecule has 0 atom stereocenters. The summed E-state index contributed by atoms with van der Waals surface area (Å²) >= 11 is 7.21. The summed E-state index contributed by atoms with van der Waals surface area (Å²) in [5.41, 5.74) is 1.10. The number of piperidine rings is 1. The summed E-state index contributed by atoms with van der Waals surface area (Å²) in [5, 5.41) is 7.17. The number of nitrogens with zero attached hydrogens (tertiary/aromatic N) is 2. The number of guanidine groups is 1. The van der Waals surface area contributed by atoms with Crippen LogP contribution in [0.25, 0.3) is 0 Å². The lowest BCUT2D eigenvalue weighted by atomic mass is 10.2. The zero-order valence-corrected chi connectivity index (χ0v) is 18.2. The van der Waals surface area contributed by atoms with Crippen LogP contribution in [0.5, 0.6) is 0 Å². The Morgan fingerprint density at radius 1 is 1.07 bits per heavy atom. The Balaban J connectivity index is 1.54. The topological polar surface area (TPSA) is 73.8 Å². The molecule has 9 heteroatoms. The Morgan fingerprint density at radius 2 is 1.75 bits per heavy atom. The molecular formula is C19H25ClN4O2S2. The van der Waals surface area contributed by atoms with E-state index < -0.39 is 10.0 Å². The first-order chi connectivity index (χ1) is 13.5. The molecule has 1 aromatic heterocycles. The minimum absolute atomic E-state index is 0.412. The number of rotatable bonds is 6. The molecule has 0 amide bonds. The molecule has 0 aliphatic carbocycles. The van der Waals surface area contributed by atoms with Gasteiger partial charge < -0.3 is 10.6 Å². The highest BCUT2D eigenvalue weighted by atomic mass is 35.5. The Kier molecular flexibility index (Phi) is 7.34. The molecular weight excluding hydrogens is 416 g/mol. The number of hydrogen-bond donors (Lipinski definition) is 2. The third-order valence-corrected chi connectivity index (χ3v) is 8.28. The van der Waals surface area contributed by atoms with Crippen molar-refractivity contribution in [1.82, 2.24) is 14.9 Å². The highest BCUT2D eigenvalue weighted by Crippen LogP contribution is 2.27. The van der Waals surface area contributed by atoms with Gasteiger partial charge in [0.15, 0.2) is 5.96 Å². The lowest BCUT2D eigenvalue weighted by Crippen LogP contribution is -2.36. The molecule has 0 spiro atoms. The molecule has 28 heavy (non-hydrogen) atoms. The van der Waals surface area contributed by atoms with E-state index in [1.165, 1.54) is 11.3 Å². The van der Waals surface area contributed by atoms with Crippen molar-refractivity contribution in [2.24, 2.45) is 4.99 Å². The number of sulfonamides is 1. The first kappa shape index (κ1) is 21.1. The van der Waals surface area contributed by atoms with Gasteiger partial charge in [-0.25, -0.2) is 8.42 Å². The highest BCUT2D eigenvalue weighted by molar-refractivity contribution is 7.91. The number of nitrogens with one attached hydrogen (secondary N) is 2. The van der Waals surface area contributed by atoms with Gasteiger partial charge in [0.25, 0.3) is 10.0 Å². The standard InChI is InChI=1S/C19H25ClN4O2S2/c1-21-19(22-13-15-5-7-16(20)8-6-15)23-14-17-9-10-18(27-17)28(25,26)24-11-3-2-4-12-24/h5-10H,2-4,11-14H2,1H3,(H2,21,22,23). The van der Waals surface area contributed by atoms with Crippen molar-refractivity contribution in [1.29, 1.82) is 0 Å². The molecule has 152 valence electrons. The first-order valence-electron chi connectivity index (χ1n) is 9.27. The van der Waals surface area contributed by atoms with E-state index in [0.29, 0.717) is 41.4 Å². The van der Waals surface area contributed by atoms with Crippen molar-refractivity contribution in [2.75, 3.05) is 20.1 Å². The summed E-state index contributed by atoms with van der Waals surface area (Å²) in [5.74, 6) is 0.656. The minimum atomic E-state index is -3.37. The van der Waals surface area contributed by atoms with Gasteiger partial charge in [-0.15, -0.1) is 11.3 Å². The Bertz CT molecular complexity index is 904. The highest BCUT2D eigenvalue weighted by Gasteiger charge is 2.27. The maximum absolute atomic E-state index is 12.7. The molecule has 0 saturated carbocycles. The van der Waals surface area contributed by atoms with Crippen LogP contribution in [0.4, 0.5) is 0 Å². The van der Waals surface area contributed by atoms with E-state index in [4.69, 9.17) is 11.6 Å². The van der Waals surface area contributed by atoms with Crippen LogP contribution in [0.1, 0.15) is 29.7 Å². The predicted molar refractivity (Wildman–Crippen MR) is 115 cm³/mol. The third-order valence-electron chi connectivity index (χ3n) is 4.57. The second-order valence-corrected chi connectivity index (χ2v) is 10.4. The molecule has 2 N–H and O–H groups in total. The lowest BCUT2D eigenvalue weighted by Gasteiger charge is -2.25. The van der Waals surface area contributed by atoms with E-state index in [0.717, 1.165) is 29.7 Å². The largest absolute Gasteiger partial charge is 0.352 e. The van der Waals surface area contributed by atoms with Crippen LogP contribution in [0.3, 0.4) is 0 Å². The van der Waals surface area contributed by atoms with Gasteiger partial charge in [-0.05, 0) is 42.7 Å². The molecule has 6 nitrogen and oxygen atoms in total. The molecule has 2 aromatic rings. The molecule has 0 bridgehead atoms. The van der Waals surface area contributed by atoms with Gasteiger partial charge in [-0.3, -0.25) is 4.99 Å². The maximum atomic E-state index is 12.7. The Hall–Kier alpha value is -1.61. The summed E-state index contributed by atoms with van der Waals surface area (Å²) in [7, 11) is -1.66. The van der Waals surface area contributed by atoms with Crippen molar-refractivity contribution in [2.45, 2.75) is 36.6 Å². The van der Waals surface area contributed by atoms with Gasteiger partial charge in [0.05, 0.1) is 6.54 Å². The lowest BCUT2D eigenvalue weighted by molar-refractivity contribution is 0.347. The fraction of sp³-hybridized carbons (Fsp3) is 0.421. The second kappa shape index (κ2) is 9.73. The van der Waals surface area contributed by atoms with E-state index in [9.17, 15) is 8.42 Å². The fourth-order valence-electron chi connectivity index (χ4n) is 3.00. The van der Waals surface area contributed by atoms with E-state index in [-0.39, 0.29) is 0 Å². The van der Waals surface area contributed by atoms with Crippen molar-refractivity contribution in [3.05, 3.63) is 51.9 Å². The molecule has 2 heterocycles. The van der Waals surface area contributed by atoms with Gasteiger partial charge in [0.2, 0.25) is 0 Å². The molecule has 1 aromatic carbocycles. The van der Waals surface area contributed by atoms with Crippen LogP contribution < -0.4 is 10.6 Å². The van der Waals surface area contributed by atoms with Crippen LogP contribution >= 0.6 is 22.9 Å². The van der Waals surface area contributed by atoms with Gasteiger partial charge in [-0.2, -0.15) is 4.31 Å². The predicted octanol–water partition coefficient (Wildman–Crippen LogP) is 3.44. The van der Waals surface area contributed by atoms with E-state index in [1.807, 2.05) is 30.3 Å². The molecule has 1 aliphatic heterocycles. The molecule has 0 unspecified atom stereocenters. The maximum Gasteiger partial charge on any atom is 0.252 e. The van der Waals surface area contributed by atoms with E-state index in [2.05, 4.69) is 15.6 Å². The SMILES string of the molecule is CN=C(NCc1ccc(Cl)cc1)NCc1ccc(S(=O)(=O)N2CCCCC2)s1. The van der Waals surface area contributed by atoms with Crippen molar-refractivity contribution < 1.29 is 8.42 Å². The molecule has 1 saturated heterocycles. The van der Waals surface area contributed by atoms with E-state index >= 15 is 0 Å². The smallest absolute Gasteiger partial charge is 0.252 e. The quantitative estimate of drug-likeness (QED) is 0.533. The summed E-state index contributed by atoms with van der Waals surface area (Å²) in [6.45, 7) is 2.38. The van der Waals surface area contributed by atoms with Crippen LogP contribution in [0.2, 0.25) is 5.02 Å². The zero-order valence-electron chi connectivity index (χ0n) is 15.8. The first-order valence-corrected chi connectivity index (χ1v) is 11.9. The zero-order chi connectivity index (χ0) is 20.0. The Labute approximate surface area is 175 Å². The number of halogens is 1. The van der Waals surface area contributed by atoms with Gasteiger partial charge in [0.1, 0.15) is 4.21 Å². The van der Waals surface area contributed by atoms with Gasteiger partial charge in [-0.1, -0.05) is 30.2 Å². The second-order valence-electron chi connectivity index (χ2n) is 6.59. The average molecular weight is 441 g/mol. The number of benzene rings is 1. The summed E-state index contributed by atoms with van der Waals surface area (Å²) in [6.07, 6.45) is 2.98. The summed E-state index contributed by atoms with van der Waals surface area (Å²) in [6, 6.07) is 11.2. The van der Waals surface area contributed by atoms with Crippen LogP contribution in [0, 0.1) is 0 Å². The van der Waals surface area contributed by atoms with Crippen molar-refractivity contribution in [3.8, 4) is 0 Å². The number of thiophene rings is 1. The van der Waals surface area contributed by atoms with Crippen molar-refractivity contribution >= 4 is 38.9 Å². The average Bonchev–Trinajstić information content (AvgIpc) is 3.20.